The van der Waals surface area contributed by atoms with Crippen LogP contribution in [-0.4, -0.2) is 41.5 Å². The summed E-state index contributed by atoms with van der Waals surface area (Å²) in [5.74, 6) is -0.102. The number of amides is 1. The Morgan fingerprint density at radius 2 is 1.82 bits per heavy atom. The molecule has 0 saturated carbocycles. The zero-order chi connectivity index (χ0) is 19.3. The van der Waals surface area contributed by atoms with E-state index in [0.717, 1.165) is 38.8 Å². The monoisotopic (exact) mass is 378 g/mol. The highest BCUT2D eigenvalue weighted by Crippen LogP contribution is 2.25. The second-order valence-corrected chi connectivity index (χ2v) is 6.92. The fraction of sp³-hybridized carbons (Fsp3) is 0.318. The zero-order valence-electron chi connectivity index (χ0n) is 15.6. The molecule has 0 aliphatic carbocycles. The average Bonchev–Trinajstić information content (AvgIpc) is 3.13. The summed E-state index contributed by atoms with van der Waals surface area (Å²) in [6.45, 7) is 1.22. The van der Waals surface area contributed by atoms with E-state index >= 15 is 0 Å². The highest BCUT2D eigenvalue weighted by molar-refractivity contribution is 6.05. The molecule has 1 aliphatic rings. The van der Waals surface area contributed by atoms with Crippen molar-refractivity contribution < 1.29 is 18.7 Å². The van der Waals surface area contributed by atoms with Crippen LogP contribution in [0.5, 0.6) is 0 Å². The lowest BCUT2D eigenvalue weighted by molar-refractivity contribution is -0.134. The molecule has 1 fully saturated rings. The molecular formula is C22H22N2O4. The molecule has 0 N–H and O–H groups in total. The number of hydrogen-bond acceptors (Lipinski definition) is 5. The van der Waals surface area contributed by atoms with E-state index < -0.39 is 5.97 Å². The van der Waals surface area contributed by atoms with Gasteiger partial charge in [-0.1, -0.05) is 31.0 Å². The third-order valence-electron chi connectivity index (χ3n) is 5.00. The average molecular weight is 378 g/mol. The van der Waals surface area contributed by atoms with Crippen molar-refractivity contribution in [3.63, 3.8) is 0 Å². The van der Waals surface area contributed by atoms with Gasteiger partial charge in [-0.25, -0.2) is 9.78 Å². The molecule has 0 atom stereocenters. The highest BCUT2D eigenvalue weighted by atomic mass is 16.5. The lowest BCUT2D eigenvalue weighted by Crippen LogP contribution is -2.35. The molecule has 1 aliphatic heterocycles. The summed E-state index contributed by atoms with van der Waals surface area (Å²) in [6.07, 6.45) is 5.84. The zero-order valence-corrected chi connectivity index (χ0v) is 15.6. The summed E-state index contributed by atoms with van der Waals surface area (Å²) in [5, 5.41) is 0.685. The van der Waals surface area contributed by atoms with Gasteiger partial charge in [0, 0.05) is 18.5 Å². The second-order valence-electron chi connectivity index (χ2n) is 6.92. The summed E-state index contributed by atoms with van der Waals surface area (Å²) < 4.78 is 10.8. The molecule has 1 amide bonds. The molecule has 6 heteroatoms. The Bertz CT molecular complexity index is 973. The van der Waals surface area contributed by atoms with Crippen LogP contribution in [0.2, 0.25) is 0 Å². The van der Waals surface area contributed by atoms with Gasteiger partial charge in [0.2, 0.25) is 0 Å². The normalized spacial score (nSPS) is 14.6. The van der Waals surface area contributed by atoms with Crippen molar-refractivity contribution in [1.82, 2.24) is 9.88 Å². The van der Waals surface area contributed by atoms with Crippen molar-refractivity contribution in [2.24, 2.45) is 0 Å². The number of furan rings is 1. The lowest BCUT2D eigenvalue weighted by atomic mass is 10.1. The molecule has 28 heavy (non-hydrogen) atoms. The van der Waals surface area contributed by atoms with Crippen LogP contribution in [0.4, 0.5) is 0 Å². The van der Waals surface area contributed by atoms with Crippen molar-refractivity contribution in [2.75, 3.05) is 19.7 Å². The largest absolute Gasteiger partial charge is 0.463 e. The number of pyridine rings is 1. The van der Waals surface area contributed by atoms with Gasteiger partial charge in [-0.15, -0.1) is 0 Å². The summed E-state index contributed by atoms with van der Waals surface area (Å²) in [5.41, 5.74) is 1.59. The summed E-state index contributed by atoms with van der Waals surface area (Å²) in [6, 6.07) is 12.6. The molecule has 0 bridgehead atoms. The summed E-state index contributed by atoms with van der Waals surface area (Å²) in [7, 11) is 0. The van der Waals surface area contributed by atoms with E-state index in [-0.39, 0.29) is 12.5 Å². The molecule has 1 saturated heterocycles. The highest BCUT2D eigenvalue weighted by Gasteiger charge is 2.20. The van der Waals surface area contributed by atoms with Gasteiger partial charge in [0.1, 0.15) is 5.69 Å². The molecule has 0 spiro atoms. The van der Waals surface area contributed by atoms with E-state index in [0.29, 0.717) is 27.9 Å². The number of para-hydroxylation sites is 1. The van der Waals surface area contributed by atoms with Crippen molar-refractivity contribution in [2.45, 2.75) is 25.7 Å². The molecule has 144 valence electrons. The third kappa shape index (κ3) is 3.91. The number of likely N-dealkylation sites (tertiary alicyclic amines) is 1. The summed E-state index contributed by atoms with van der Waals surface area (Å²) in [4.78, 5) is 31.6. The predicted octanol–water partition coefficient (Wildman–Crippen LogP) is 4.05. The quantitative estimate of drug-likeness (QED) is 0.640. The third-order valence-corrected chi connectivity index (χ3v) is 5.00. The number of hydrogen-bond donors (Lipinski definition) is 0. The number of carbonyl (C=O) groups excluding carboxylic acids is 2. The molecule has 3 heterocycles. The number of benzene rings is 1. The fourth-order valence-electron chi connectivity index (χ4n) is 3.51. The van der Waals surface area contributed by atoms with Crippen molar-refractivity contribution in [3.05, 3.63) is 54.3 Å². The smallest absolute Gasteiger partial charge is 0.339 e. The SMILES string of the molecule is O=C(OCC(=O)N1CCCCCC1)c1cc(-c2ccco2)nc2ccccc12. The number of esters is 1. The number of ether oxygens (including phenoxy) is 1. The fourth-order valence-corrected chi connectivity index (χ4v) is 3.51. The first-order chi connectivity index (χ1) is 13.7. The first-order valence-corrected chi connectivity index (χ1v) is 9.61. The molecular weight excluding hydrogens is 356 g/mol. The Morgan fingerprint density at radius 3 is 2.57 bits per heavy atom. The Labute approximate surface area is 163 Å². The van der Waals surface area contributed by atoms with Gasteiger partial charge >= 0.3 is 5.97 Å². The number of rotatable bonds is 4. The lowest BCUT2D eigenvalue weighted by Gasteiger charge is -2.20. The molecule has 4 rings (SSSR count). The predicted molar refractivity (Wildman–Crippen MR) is 105 cm³/mol. The van der Waals surface area contributed by atoms with E-state index in [2.05, 4.69) is 4.98 Å². The van der Waals surface area contributed by atoms with Gasteiger partial charge in [-0.3, -0.25) is 4.79 Å². The molecule has 3 aromatic rings. The van der Waals surface area contributed by atoms with Gasteiger partial charge in [0.15, 0.2) is 12.4 Å². The van der Waals surface area contributed by atoms with E-state index in [4.69, 9.17) is 9.15 Å². The van der Waals surface area contributed by atoms with Crippen molar-refractivity contribution in [3.8, 4) is 11.5 Å². The number of carbonyl (C=O) groups is 2. The maximum atomic E-state index is 12.8. The minimum absolute atomic E-state index is 0.139. The van der Waals surface area contributed by atoms with Crippen LogP contribution in [0.15, 0.2) is 53.1 Å². The second kappa shape index (κ2) is 8.25. The molecule has 6 nitrogen and oxygen atoms in total. The van der Waals surface area contributed by atoms with Gasteiger partial charge in [-0.05, 0) is 37.1 Å². The van der Waals surface area contributed by atoms with Crippen LogP contribution >= 0.6 is 0 Å². The maximum absolute atomic E-state index is 12.8. The van der Waals surface area contributed by atoms with E-state index in [1.54, 1.807) is 29.4 Å². The van der Waals surface area contributed by atoms with E-state index in [1.165, 1.54) is 0 Å². The molecule has 1 aromatic carbocycles. The minimum atomic E-state index is -0.533. The Kier molecular flexibility index (Phi) is 5.37. The van der Waals surface area contributed by atoms with Crippen LogP contribution in [0, 0.1) is 0 Å². The number of aromatic nitrogens is 1. The Balaban J connectivity index is 1.55. The van der Waals surface area contributed by atoms with Crippen LogP contribution in [-0.2, 0) is 9.53 Å². The van der Waals surface area contributed by atoms with Gasteiger partial charge < -0.3 is 14.1 Å². The van der Waals surface area contributed by atoms with Crippen molar-refractivity contribution in [1.29, 1.82) is 0 Å². The van der Waals surface area contributed by atoms with Gasteiger partial charge in [-0.2, -0.15) is 0 Å². The molecule has 0 radical (unpaired) electrons. The Morgan fingerprint density at radius 1 is 1.04 bits per heavy atom. The maximum Gasteiger partial charge on any atom is 0.339 e. The minimum Gasteiger partial charge on any atom is -0.463 e. The van der Waals surface area contributed by atoms with Crippen LogP contribution < -0.4 is 0 Å². The van der Waals surface area contributed by atoms with Crippen molar-refractivity contribution >= 4 is 22.8 Å². The first kappa shape index (κ1) is 18.2. The topological polar surface area (TPSA) is 72.6 Å². The molecule has 2 aromatic heterocycles. The van der Waals surface area contributed by atoms with Crippen LogP contribution in [0.1, 0.15) is 36.0 Å². The van der Waals surface area contributed by atoms with Crippen LogP contribution in [0.3, 0.4) is 0 Å². The first-order valence-electron chi connectivity index (χ1n) is 9.61. The van der Waals surface area contributed by atoms with E-state index in [9.17, 15) is 9.59 Å². The Hall–Kier alpha value is -3.15. The van der Waals surface area contributed by atoms with E-state index in [1.807, 2.05) is 24.3 Å². The number of nitrogens with zero attached hydrogens (tertiary/aromatic N) is 2. The van der Waals surface area contributed by atoms with Gasteiger partial charge in [0.05, 0.1) is 17.3 Å². The number of fused-ring (bicyclic) bond motifs is 1. The standard InChI is InChI=1S/C22H22N2O4/c25-21(24-11-5-1-2-6-12-24)15-28-22(26)17-14-19(20-10-7-13-27-20)23-18-9-4-3-8-16(17)18/h3-4,7-10,13-14H,1-2,5-6,11-12,15H2. The van der Waals surface area contributed by atoms with Gasteiger partial charge in [0.25, 0.3) is 5.91 Å². The molecule has 0 unspecified atom stereocenters. The van der Waals surface area contributed by atoms with Crippen LogP contribution in [0.25, 0.3) is 22.4 Å². The summed E-state index contributed by atoms with van der Waals surface area (Å²) >= 11 is 0.